The Bertz CT molecular complexity index is 857. The number of aromatic nitrogens is 1. The quantitative estimate of drug-likeness (QED) is 0.579. The Morgan fingerprint density at radius 1 is 1.05 bits per heavy atom. The lowest BCUT2D eigenvalue weighted by Crippen LogP contribution is -2.15. The monoisotopic (exact) mass is 255 g/mol. The summed E-state index contributed by atoms with van der Waals surface area (Å²) in [6, 6.07) is 3.76. The Kier molecular flexibility index (Phi) is 2.10. The van der Waals surface area contributed by atoms with E-state index >= 15 is 0 Å². The fourth-order valence-electron chi connectivity index (χ4n) is 2.98. The Morgan fingerprint density at radius 3 is 2.68 bits per heavy atom. The molecule has 1 aromatic carbocycles. The van der Waals surface area contributed by atoms with Crippen molar-refractivity contribution in [3.63, 3.8) is 0 Å². The minimum absolute atomic E-state index is 0.196. The number of rotatable bonds is 0. The minimum Gasteiger partial charge on any atom is -0.441 e. The molecule has 0 fully saturated rings. The lowest BCUT2D eigenvalue weighted by molar-refractivity contribution is 0.531. The van der Waals surface area contributed by atoms with Gasteiger partial charge in [-0.2, -0.15) is 0 Å². The first-order valence-electron chi connectivity index (χ1n) is 6.58. The Balaban J connectivity index is 2.17. The van der Waals surface area contributed by atoms with E-state index in [9.17, 15) is 4.79 Å². The second-order valence-corrected chi connectivity index (χ2v) is 5.10. The predicted molar refractivity (Wildman–Crippen MR) is 71.4 cm³/mol. The van der Waals surface area contributed by atoms with E-state index in [1.807, 2.05) is 13.0 Å². The third kappa shape index (κ3) is 1.52. The highest BCUT2D eigenvalue weighted by Gasteiger charge is 2.19. The van der Waals surface area contributed by atoms with E-state index in [1.165, 1.54) is 0 Å². The predicted octanol–water partition coefficient (Wildman–Crippen LogP) is 3.12. The molecule has 1 aliphatic carbocycles. The van der Waals surface area contributed by atoms with Gasteiger partial charge in [-0.05, 0) is 37.3 Å². The van der Waals surface area contributed by atoms with Gasteiger partial charge >= 0.3 is 5.63 Å². The van der Waals surface area contributed by atoms with Crippen molar-refractivity contribution in [3.8, 4) is 0 Å². The zero-order valence-electron chi connectivity index (χ0n) is 10.7. The zero-order valence-corrected chi connectivity index (χ0v) is 10.7. The van der Waals surface area contributed by atoms with Gasteiger partial charge in [0.15, 0.2) is 11.5 Å². The van der Waals surface area contributed by atoms with E-state index in [1.54, 1.807) is 6.07 Å². The van der Waals surface area contributed by atoms with Gasteiger partial charge in [0, 0.05) is 23.9 Å². The summed E-state index contributed by atoms with van der Waals surface area (Å²) in [5.74, 6) is 0.626. The standard InChI is InChI=1S/C15H13NO3/c1-8-16-12-6-11-9-4-2-3-5-10(9)15(17)19-13(11)7-14(12)18-8/h6-7H,2-5H2,1H3. The van der Waals surface area contributed by atoms with E-state index in [0.717, 1.165) is 47.7 Å². The minimum atomic E-state index is -0.196. The lowest BCUT2D eigenvalue weighted by Gasteiger charge is -2.15. The molecule has 3 aromatic rings. The van der Waals surface area contributed by atoms with E-state index in [2.05, 4.69) is 4.98 Å². The van der Waals surface area contributed by atoms with Crippen LogP contribution in [0.3, 0.4) is 0 Å². The van der Waals surface area contributed by atoms with E-state index in [-0.39, 0.29) is 5.63 Å². The van der Waals surface area contributed by atoms with Gasteiger partial charge in [-0.1, -0.05) is 0 Å². The number of hydrogen-bond donors (Lipinski definition) is 0. The normalized spacial score (nSPS) is 15.0. The Hall–Kier alpha value is -2.10. The molecule has 0 saturated carbocycles. The number of aryl methyl sites for hydroxylation is 2. The molecular weight excluding hydrogens is 242 g/mol. The Morgan fingerprint density at radius 2 is 1.84 bits per heavy atom. The first-order valence-corrected chi connectivity index (χ1v) is 6.58. The highest BCUT2D eigenvalue weighted by atomic mass is 16.4. The van der Waals surface area contributed by atoms with Crippen molar-refractivity contribution in [1.29, 1.82) is 0 Å². The van der Waals surface area contributed by atoms with Crippen LogP contribution < -0.4 is 5.63 Å². The summed E-state index contributed by atoms with van der Waals surface area (Å²) in [5.41, 5.74) is 3.89. The summed E-state index contributed by atoms with van der Waals surface area (Å²) in [6.07, 6.45) is 3.96. The number of fused-ring (bicyclic) bond motifs is 4. The molecule has 4 heteroatoms. The molecule has 2 heterocycles. The molecule has 96 valence electrons. The number of benzene rings is 1. The summed E-state index contributed by atoms with van der Waals surface area (Å²) in [7, 11) is 0. The van der Waals surface area contributed by atoms with Crippen LogP contribution in [0.1, 0.15) is 29.9 Å². The lowest BCUT2D eigenvalue weighted by atomic mass is 9.90. The number of hydrogen-bond acceptors (Lipinski definition) is 4. The van der Waals surface area contributed by atoms with Crippen LogP contribution >= 0.6 is 0 Å². The molecular formula is C15H13NO3. The number of oxazole rings is 1. The maximum atomic E-state index is 12.0. The summed E-state index contributed by atoms with van der Waals surface area (Å²) in [6.45, 7) is 1.82. The van der Waals surface area contributed by atoms with Crippen LogP contribution in [0.5, 0.6) is 0 Å². The molecule has 0 amide bonds. The van der Waals surface area contributed by atoms with Gasteiger partial charge in [-0.25, -0.2) is 9.78 Å². The van der Waals surface area contributed by atoms with Crippen molar-refractivity contribution in [2.24, 2.45) is 0 Å². The van der Waals surface area contributed by atoms with Crippen LogP contribution in [-0.2, 0) is 12.8 Å². The first-order chi connectivity index (χ1) is 9.22. The third-order valence-electron chi connectivity index (χ3n) is 3.84. The van der Waals surface area contributed by atoms with Crippen molar-refractivity contribution in [2.45, 2.75) is 32.6 Å². The molecule has 0 spiro atoms. The van der Waals surface area contributed by atoms with Crippen LogP contribution in [0, 0.1) is 6.92 Å². The average Bonchev–Trinajstić information content (AvgIpc) is 2.76. The van der Waals surface area contributed by atoms with Crippen LogP contribution in [-0.4, -0.2) is 4.98 Å². The van der Waals surface area contributed by atoms with Crippen LogP contribution in [0.15, 0.2) is 25.8 Å². The van der Waals surface area contributed by atoms with Crippen molar-refractivity contribution in [2.75, 3.05) is 0 Å². The maximum absolute atomic E-state index is 12.0. The van der Waals surface area contributed by atoms with Gasteiger partial charge in [0.05, 0.1) is 0 Å². The van der Waals surface area contributed by atoms with Gasteiger partial charge in [-0.3, -0.25) is 0 Å². The van der Waals surface area contributed by atoms with E-state index in [0.29, 0.717) is 17.1 Å². The highest BCUT2D eigenvalue weighted by molar-refractivity contribution is 5.93. The van der Waals surface area contributed by atoms with Crippen LogP contribution in [0.25, 0.3) is 22.1 Å². The first kappa shape index (κ1) is 10.8. The molecule has 0 bridgehead atoms. The molecule has 0 N–H and O–H groups in total. The van der Waals surface area contributed by atoms with Crippen LogP contribution in [0.2, 0.25) is 0 Å². The van der Waals surface area contributed by atoms with E-state index in [4.69, 9.17) is 8.83 Å². The molecule has 19 heavy (non-hydrogen) atoms. The van der Waals surface area contributed by atoms with Gasteiger partial charge in [0.25, 0.3) is 0 Å². The fraction of sp³-hybridized carbons (Fsp3) is 0.333. The summed E-state index contributed by atoms with van der Waals surface area (Å²) >= 11 is 0. The van der Waals surface area contributed by atoms with Gasteiger partial charge in [0.2, 0.25) is 0 Å². The molecule has 0 unspecified atom stereocenters. The second kappa shape index (κ2) is 3.70. The summed E-state index contributed by atoms with van der Waals surface area (Å²) < 4.78 is 10.9. The molecule has 1 aliphatic rings. The van der Waals surface area contributed by atoms with Crippen molar-refractivity contribution in [3.05, 3.63) is 39.6 Å². The van der Waals surface area contributed by atoms with E-state index < -0.39 is 0 Å². The Labute approximate surface area is 109 Å². The molecule has 0 radical (unpaired) electrons. The van der Waals surface area contributed by atoms with Crippen LogP contribution in [0.4, 0.5) is 0 Å². The molecule has 0 aliphatic heterocycles. The molecule has 4 rings (SSSR count). The van der Waals surface area contributed by atoms with Gasteiger partial charge in [-0.15, -0.1) is 0 Å². The summed E-state index contributed by atoms with van der Waals surface area (Å²) in [5, 5.41) is 1.01. The SMILES string of the molecule is Cc1nc2cc3c4c(c(=O)oc3cc2o1)CCCC4. The van der Waals surface area contributed by atoms with Gasteiger partial charge < -0.3 is 8.83 Å². The topological polar surface area (TPSA) is 56.2 Å². The molecule has 4 nitrogen and oxygen atoms in total. The molecule has 0 saturated heterocycles. The smallest absolute Gasteiger partial charge is 0.339 e. The average molecular weight is 255 g/mol. The third-order valence-corrected chi connectivity index (χ3v) is 3.84. The molecule has 0 atom stereocenters. The maximum Gasteiger partial charge on any atom is 0.339 e. The van der Waals surface area contributed by atoms with Crippen molar-refractivity contribution in [1.82, 2.24) is 4.98 Å². The fourth-order valence-corrected chi connectivity index (χ4v) is 2.98. The van der Waals surface area contributed by atoms with Crippen molar-refractivity contribution < 1.29 is 8.83 Å². The highest BCUT2D eigenvalue weighted by Crippen LogP contribution is 2.30. The van der Waals surface area contributed by atoms with Crippen molar-refractivity contribution >= 4 is 22.1 Å². The van der Waals surface area contributed by atoms with Gasteiger partial charge in [0.1, 0.15) is 11.1 Å². The summed E-state index contributed by atoms with van der Waals surface area (Å²) in [4.78, 5) is 16.4. The largest absolute Gasteiger partial charge is 0.441 e. The number of nitrogens with zero attached hydrogens (tertiary/aromatic N) is 1. The zero-order chi connectivity index (χ0) is 13.0. The second-order valence-electron chi connectivity index (χ2n) is 5.10. The molecule has 2 aromatic heterocycles.